The number of aromatic nitrogens is 1. The van der Waals surface area contributed by atoms with Crippen molar-refractivity contribution in [1.29, 1.82) is 0 Å². The Kier molecular flexibility index (Phi) is 2.95. The Balaban J connectivity index is 2.15. The van der Waals surface area contributed by atoms with E-state index in [1.54, 1.807) is 6.20 Å². The molecule has 15 heavy (non-hydrogen) atoms. The minimum atomic E-state index is 0.0517. The first kappa shape index (κ1) is 10.5. The van der Waals surface area contributed by atoms with Crippen molar-refractivity contribution in [3.05, 3.63) is 30.1 Å². The Morgan fingerprint density at radius 2 is 2.40 bits per heavy atom. The van der Waals surface area contributed by atoms with Crippen LogP contribution in [0.25, 0.3) is 0 Å². The molecule has 0 N–H and O–H groups in total. The van der Waals surface area contributed by atoms with Gasteiger partial charge in [0.1, 0.15) is 0 Å². The lowest BCUT2D eigenvalue weighted by Crippen LogP contribution is -2.29. The summed E-state index contributed by atoms with van der Waals surface area (Å²) in [7, 11) is 0. The summed E-state index contributed by atoms with van der Waals surface area (Å²) in [6.07, 6.45) is 2.30. The van der Waals surface area contributed by atoms with Gasteiger partial charge in [0.05, 0.1) is 11.7 Å². The smallest absolute Gasteiger partial charge is 0.224 e. The quantitative estimate of drug-likeness (QED) is 0.772. The SMILES string of the molecule is CC(c1ccccn1)N1CC(S)CC1=O. The summed E-state index contributed by atoms with van der Waals surface area (Å²) in [6.45, 7) is 2.73. The fourth-order valence-electron chi connectivity index (χ4n) is 1.87. The number of carbonyl (C=O) groups excluding carboxylic acids is 1. The molecule has 1 aromatic rings. The van der Waals surface area contributed by atoms with Crippen LogP contribution in [0.2, 0.25) is 0 Å². The van der Waals surface area contributed by atoms with Gasteiger partial charge in [-0.1, -0.05) is 6.07 Å². The van der Waals surface area contributed by atoms with Crippen molar-refractivity contribution in [3.63, 3.8) is 0 Å². The minimum absolute atomic E-state index is 0.0517. The molecule has 2 rings (SSSR count). The van der Waals surface area contributed by atoms with Crippen molar-refractivity contribution in [2.24, 2.45) is 0 Å². The number of pyridine rings is 1. The molecule has 0 radical (unpaired) electrons. The van der Waals surface area contributed by atoms with Gasteiger partial charge >= 0.3 is 0 Å². The third-order valence-corrected chi connectivity index (χ3v) is 3.07. The molecule has 1 fully saturated rings. The van der Waals surface area contributed by atoms with Gasteiger partial charge in [0.15, 0.2) is 0 Å². The standard InChI is InChI=1S/C11H14N2OS/c1-8(10-4-2-3-5-12-10)13-7-9(15)6-11(13)14/h2-5,8-9,15H,6-7H2,1H3. The van der Waals surface area contributed by atoms with E-state index in [-0.39, 0.29) is 17.2 Å². The lowest BCUT2D eigenvalue weighted by atomic mass is 10.2. The number of likely N-dealkylation sites (tertiary alicyclic amines) is 1. The van der Waals surface area contributed by atoms with E-state index in [2.05, 4.69) is 17.6 Å². The molecule has 0 saturated carbocycles. The first-order valence-electron chi connectivity index (χ1n) is 5.07. The number of hydrogen-bond donors (Lipinski definition) is 1. The highest BCUT2D eigenvalue weighted by atomic mass is 32.1. The van der Waals surface area contributed by atoms with Crippen LogP contribution in [-0.4, -0.2) is 27.6 Å². The predicted octanol–water partition coefficient (Wildman–Crippen LogP) is 1.67. The van der Waals surface area contributed by atoms with Gasteiger partial charge in [-0.15, -0.1) is 0 Å². The number of carbonyl (C=O) groups is 1. The van der Waals surface area contributed by atoms with Gasteiger partial charge in [-0.25, -0.2) is 0 Å². The molecule has 2 unspecified atom stereocenters. The third-order valence-electron chi connectivity index (χ3n) is 2.72. The molecular formula is C11H14N2OS. The largest absolute Gasteiger partial charge is 0.333 e. The Hall–Kier alpha value is -1.03. The fourth-order valence-corrected chi connectivity index (χ4v) is 2.20. The van der Waals surface area contributed by atoms with Gasteiger partial charge in [0.2, 0.25) is 5.91 Å². The summed E-state index contributed by atoms with van der Waals surface area (Å²) in [4.78, 5) is 17.8. The minimum Gasteiger partial charge on any atom is -0.333 e. The number of amides is 1. The van der Waals surface area contributed by atoms with Crippen LogP contribution in [0.5, 0.6) is 0 Å². The van der Waals surface area contributed by atoms with Gasteiger partial charge in [-0.05, 0) is 19.1 Å². The van der Waals surface area contributed by atoms with Crippen LogP contribution in [0.1, 0.15) is 25.1 Å². The van der Waals surface area contributed by atoms with Gasteiger partial charge in [0.25, 0.3) is 0 Å². The van der Waals surface area contributed by atoms with Crippen LogP contribution in [0.4, 0.5) is 0 Å². The number of rotatable bonds is 2. The highest BCUT2D eigenvalue weighted by Crippen LogP contribution is 2.26. The maximum absolute atomic E-state index is 11.6. The second-order valence-corrected chi connectivity index (χ2v) is 4.56. The number of nitrogens with zero attached hydrogens (tertiary/aromatic N) is 2. The summed E-state index contributed by atoms with van der Waals surface area (Å²) < 4.78 is 0. The molecule has 3 nitrogen and oxygen atoms in total. The molecule has 1 aliphatic rings. The fraction of sp³-hybridized carbons (Fsp3) is 0.455. The second kappa shape index (κ2) is 4.23. The molecule has 4 heteroatoms. The molecule has 2 heterocycles. The second-order valence-electron chi connectivity index (χ2n) is 3.83. The zero-order valence-electron chi connectivity index (χ0n) is 8.63. The zero-order chi connectivity index (χ0) is 10.8. The molecule has 80 valence electrons. The lowest BCUT2D eigenvalue weighted by molar-refractivity contribution is -0.129. The molecule has 0 aromatic carbocycles. The summed E-state index contributed by atoms with van der Waals surface area (Å²) in [5.74, 6) is 0.174. The Morgan fingerprint density at radius 1 is 1.60 bits per heavy atom. The molecule has 1 amide bonds. The van der Waals surface area contributed by atoms with E-state index in [9.17, 15) is 4.79 Å². The van der Waals surface area contributed by atoms with Gasteiger partial charge in [0, 0.05) is 24.4 Å². The molecular weight excluding hydrogens is 208 g/mol. The third kappa shape index (κ3) is 2.15. The van der Waals surface area contributed by atoms with Gasteiger partial charge in [-0.3, -0.25) is 9.78 Å². The van der Waals surface area contributed by atoms with Crippen molar-refractivity contribution in [3.8, 4) is 0 Å². The average Bonchev–Trinajstić information content (AvgIpc) is 2.58. The van der Waals surface area contributed by atoms with Crippen LogP contribution < -0.4 is 0 Å². The van der Waals surface area contributed by atoms with Crippen LogP contribution in [-0.2, 0) is 4.79 Å². The van der Waals surface area contributed by atoms with Crippen molar-refractivity contribution < 1.29 is 4.79 Å². The Morgan fingerprint density at radius 3 is 2.93 bits per heavy atom. The molecule has 1 saturated heterocycles. The summed E-state index contributed by atoms with van der Waals surface area (Å²) >= 11 is 4.34. The lowest BCUT2D eigenvalue weighted by Gasteiger charge is -2.23. The summed E-state index contributed by atoms with van der Waals surface area (Å²) in [5, 5.41) is 0.170. The molecule has 0 spiro atoms. The number of hydrogen-bond acceptors (Lipinski definition) is 3. The van der Waals surface area contributed by atoms with E-state index in [0.29, 0.717) is 6.42 Å². The summed E-state index contributed by atoms with van der Waals surface area (Å²) in [5.41, 5.74) is 0.938. The number of thiol groups is 1. The van der Waals surface area contributed by atoms with Crippen molar-refractivity contribution in [2.75, 3.05) is 6.54 Å². The van der Waals surface area contributed by atoms with Gasteiger partial charge in [-0.2, -0.15) is 12.6 Å². The molecule has 0 bridgehead atoms. The van der Waals surface area contributed by atoms with Crippen LogP contribution in [0.3, 0.4) is 0 Å². The van der Waals surface area contributed by atoms with Crippen LogP contribution >= 0.6 is 12.6 Å². The molecule has 0 aliphatic carbocycles. The van der Waals surface area contributed by atoms with E-state index < -0.39 is 0 Å². The predicted molar refractivity (Wildman–Crippen MR) is 61.8 cm³/mol. The van der Waals surface area contributed by atoms with Crippen molar-refractivity contribution in [1.82, 2.24) is 9.88 Å². The normalized spacial score (nSPS) is 23.2. The van der Waals surface area contributed by atoms with Gasteiger partial charge < -0.3 is 4.90 Å². The molecule has 1 aliphatic heterocycles. The topological polar surface area (TPSA) is 33.2 Å². The van der Waals surface area contributed by atoms with Crippen molar-refractivity contribution in [2.45, 2.75) is 24.6 Å². The summed E-state index contributed by atoms with van der Waals surface area (Å²) in [6, 6.07) is 5.82. The van der Waals surface area contributed by atoms with Crippen molar-refractivity contribution >= 4 is 18.5 Å². The maximum Gasteiger partial charge on any atom is 0.224 e. The highest BCUT2D eigenvalue weighted by Gasteiger charge is 2.31. The Bertz CT molecular complexity index is 355. The molecule has 2 atom stereocenters. The van der Waals surface area contributed by atoms with E-state index in [1.165, 1.54) is 0 Å². The first-order chi connectivity index (χ1) is 7.18. The van der Waals surface area contributed by atoms with E-state index in [4.69, 9.17) is 0 Å². The van der Waals surface area contributed by atoms with Crippen LogP contribution in [0, 0.1) is 0 Å². The highest BCUT2D eigenvalue weighted by molar-refractivity contribution is 7.81. The maximum atomic E-state index is 11.6. The van der Waals surface area contributed by atoms with Crippen LogP contribution in [0.15, 0.2) is 24.4 Å². The zero-order valence-corrected chi connectivity index (χ0v) is 9.52. The Labute approximate surface area is 94.9 Å². The average molecular weight is 222 g/mol. The van der Waals surface area contributed by atoms with E-state index in [0.717, 1.165) is 12.2 Å². The molecule has 1 aromatic heterocycles. The monoisotopic (exact) mass is 222 g/mol. The van der Waals surface area contributed by atoms with E-state index >= 15 is 0 Å². The first-order valence-corrected chi connectivity index (χ1v) is 5.58. The van der Waals surface area contributed by atoms with E-state index in [1.807, 2.05) is 30.0 Å².